The van der Waals surface area contributed by atoms with Crippen LogP contribution in [0.5, 0.6) is 0 Å². The van der Waals surface area contributed by atoms with E-state index in [2.05, 4.69) is 5.18 Å². The quantitative estimate of drug-likeness (QED) is 0.376. The Hall–Kier alpha value is -1.97. The number of benzene rings is 1. The van der Waals surface area contributed by atoms with Crippen LogP contribution < -0.4 is 4.73 Å². The molecule has 0 aliphatic rings. The first-order valence-electron chi connectivity index (χ1n) is 3.77. The average molecular weight is 174 g/mol. The molecule has 0 N–H and O–H groups in total. The first-order valence-corrected chi connectivity index (χ1v) is 3.77. The van der Waals surface area contributed by atoms with Gasteiger partial charge < -0.3 is 5.21 Å². The van der Waals surface area contributed by atoms with Gasteiger partial charge in [-0.05, 0) is 17.0 Å². The molecule has 0 aliphatic carbocycles. The zero-order valence-corrected chi connectivity index (χ0v) is 6.68. The molecule has 0 aliphatic heterocycles. The highest BCUT2D eigenvalue weighted by Gasteiger charge is 2.07. The van der Waals surface area contributed by atoms with Gasteiger partial charge >= 0.3 is 5.82 Å². The Morgan fingerprint density at radius 2 is 1.92 bits per heavy atom. The summed E-state index contributed by atoms with van der Waals surface area (Å²) in [6.07, 6.45) is 0. The number of para-hydroxylation sites is 1. The summed E-state index contributed by atoms with van der Waals surface area (Å²) in [6, 6.07) is 10.1. The van der Waals surface area contributed by atoms with E-state index in [4.69, 9.17) is 0 Å². The van der Waals surface area contributed by atoms with Gasteiger partial charge in [0.05, 0.1) is 0 Å². The van der Waals surface area contributed by atoms with Crippen molar-refractivity contribution in [2.24, 2.45) is 5.18 Å². The molecule has 13 heavy (non-hydrogen) atoms. The molecule has 0 radical (unpaired) electrons. The van der Waals surface area contributed by atoms with E-state index in [0.717, 1.165) is 5.39 Å². The summed E-state index contributed by atoms with van der Waals surface area (Å²) in [5.74, 6) is -0.112. The van der Waals surface area contributed by atoms with E-state index in [0.29, 0.717) is 10.2 Å². The highest BCUT2D eigenvalue weighted by Crippen LogP contribution is 2.13. The zero-order valence-electron chi connectivity index (χ0n) is 6.68. The topological polar surface area (TPSA) is 56.4 Å². The normalized spacial score (nSPS) is 10.2. The van der Waals surface area contributed by atoms with Crippen LogP contribution >= 0.6 is 0 Å². The maximum atomic E-state index is 11.4. The molecule has 1 heterocycles. The van der Waals surface area contributed by atoms with Crippen LogP contribution in [-0.4, -0.2) is 0 Å². The summed E-state index contributed by atoms with van der Waals surface area (Å²) in [4.78, 5) is 10.2. The van der Waals surface area contributed by atoms with Crippen molar-refractivity contribution < 1.29 is 4.73 Å². The van der Waals surface area contributed by atoms with Crippen LogP contribution in [0.15, 0.2) is 41.6 Å². The van der Waals surface area contributed by atoms with Gasteiger partial charge in [-0.25, -0.2) is 4.73 Å². The average Bonchev–Trinajstić information content (AvgIpc) is 2.19. The molecule has 0 unspecified atom stereocenters. The SMILES string of the molecule is O=Nc1ccc2ccccc2[n+]1[O-]. The molecule has 4 nitrogen and oxygen atoms in total. The molecule has 0 fully saturated rings. The van der Waals surface area contributed by atoms with Crippen LogP contribution in [0.2, 0.25) is 0 Å². The predicted molar refractivity (Wildman–Crippen MR) is 48.4 cm³/mol. The molecule has 1 aromatic carbocycles. The Bertz CT molecular complexity index is 468. The second-order valence-corrected chi connectivity index (χ2v) is 2.64. The molecular formula is C9H6N2O2. The second-order valence-electron chi connectivity index (χ2n) is 2.64. The summed E-state index contributed by atoms with van der Waals surface area (Å²) in [6.45, 7) is 0. The summed E-state index contributed by atoms with van der Waals surface area (Å²) >= 11 is 0. The van der Waals surface area contributed by atoms with E-state index in [1.54, 1.807) is 24.3 Å². The van der Waals surface area contributed by atoms with Gasteiger partial charge in [-0.3, -0.25) is 0 Å². The lowest BCUT2D eigenvalue weighted by Crippen LogP contribution is -2.26. The standard InChI is InChI=1S/C9H6N2O2/c12-10-9-6-5-7-3-1-2-4-8(7)11(9)13/h1-6H. The highest BCUT2D eigenvalue weighted by molar-refractivity contribution is 5.76. The van der Waals surface area contributed by atoms with Crippen LogP contribution in [0.4, 0.5) is 5.82 Å². The van der Waals surface area contributed by atoms with E-state index in [9.17, 15) is 10.1 Å². The molecule has 0 atom stereocenters. The molecule has 0 saturated heterocycles. The summed E-state index contributed by atoms with van der Waals surface area (Å²) in [7, 11) is 0. The smallest absolute Gasteiger partial charge is 0.378 e. The van der Waals surface area contributed by atoms with Crippen LogP contribution in [-0.2, 0) is 0 Å². The van der Waals surface area contributed by atoms with Gasteiger partial charge in [-0.2, -0.15) is 0 Å². The fourth-order valence-corrected chi connectivity index (χ4v) is 1.24. The first-order chi connectivity index (χ1) is 6.33. The molecular weight excluding hydrogens is 168 g/mol. The van der Waals surface area contributed by atoms with Crippen LogP contribution in [0.1, 0.15) is 0 Å². The Balaban J connectivity index is 2.86. The molecule has 0 bridgehead atoms. The van der Waals surface area contributed by atoms with Crippen LogP contribution in [0.25, 0.3) is 10.9 Å². The first kappa shape index (κ1) is 7.67. The van der Waals surface area contributed by atoms with Gasteiger partial charge in [-0.1, -0.05) is 18.2 Å². The van der Waals surface area contributed by atoms with E-state index in [1.165, 1.54) is 6.07 Å². The van der Waals surface area contributed by atoms with Gasteiger partial charge in [0.1, 0.15) is 5.52 Å². The fraction of sp³-hybridized carbons (Fsp3) is 0. The molecule has 2 rings (SSSR count). The number of hydrogen-bond acceptors (Lipinski definition) is 3. The van der Waals surface area contributed by atoms with Gasteiger partial charge in [0.15, 0.2) is 0 Å². The highest BCUT2D eigenvalue weighted by atomic mass is 16.5. The lowest BCUT2D eigenvalue weighted by molar-refractivity contribution is -0.563. The number of nitroso groups, excluding NO2 is 1. The second kappa shape index (κ2) is 2.82. The van der Waals surface area contributed by atoms with Crippen molar-refractivity contribution in [3.63, 3.8) is 0 Å². The van der Waals surface area contributed by atoms with Gasteiger partial charge in [0.25, 0.3) is 0 Å². The van der Waals surface area contributed by atoms with Crippen molar-refractivity contribution in [3.05, 3.63) is 46.5 Å². The lowest BCUT2D eigenvalue weighted by Gasteiger charge is -2.05. The van der Waals surface area contributed by atoms with Crippen LogP contribution in [0.3, 0.4) is 0 Å². The van der Waals surface area contributed by atoms with E-state index < -0.39 is 0 Å². The Morgan fingerprint density at radius 3 is 2.69 bits per heavy atom. The lowest BCUT2D eigenvalue weighted by atomic mass is 10.2. The van der Waals surface area contributed by atoms with E-state index in [-0.39, 0.29) is 5.82 Å². The third-order valence-corrected chi connectivity index (χ3v) is 1.87. The minimum atomic E-state index is -0.112. The van der Waals surface area contributed by atoms with E-state index >= 15 is 0 Å². The predicted octanol–water partition coefficient (Wildman–Crippen LogP) is 1.87. The van der Waals surface area contributed by atoms with Gasteiger partial charge in [0, 0.05) is 11.5 Å². The van der Waals surface area contributed by atoms with Gasteiger partial charge in [0.2, 0.25) is 5.18 Å². The third kappa shape index (κ3) is 1.12. The number of rotatable bonds is 1. The molecule has 4 heteroatoms. The molecule has 2 aromatic rings. The largest absolute Gasteiger partial charge is 0.710 e. The van der Waals surface area contributed by atoms with Crippen molar-refractivity contribution in [1.29, 1.82) is 0 Å². The fourth-order valence-electron chi connectivity index (χ4n) is 1.24. The minimum absolute atomic E-state index is 0.112. The Labute approximate surface area is 74.0 Å². The summed E-state index contributed by atoms with van der Waals surface area (Å²) in [5.41, 5.74) is 0.458. The number of aromatic nitrogens is 1. The summed E-state index contributed by atoms with van der Waals surface area (Å²) < 4.78 is 0.530. The molecule has 1 aromatic heterocycles. The number of hydrogen-bond donors (Lipinski definition) is 0. The van der Waals surface area contributed by atoms with Gasteiger partial charge in [-0.15, -0.1) is 0 Å². The zero-order chi connectivity index (χ0) is 9.26. The molecule has 0 saturated carbocycles. The molecule has 0 amide bonds. The molecule has 64 valence electrons. The van der Waals surface area contributed by atoms with Crippen molar-refractivity contribution in [1.82, 2.24) is 0 Å². The Morgan fingerprint density at radius 1 is 1.15 bits per heavy atom. The number of nitrogens with zero attached hydrogens (tertiary/aromatic N) is 2. The maximum absolute atomic E-state index is 11.4. The van der Waals surface area contributed by atoms with E-state index in [1.807, 2.05) is 6.07 Å². The number of fused-ring (bicyclic) bond motifs is 1. The van der Waals surface area contributed by atoms with Crippen molar-refractivity contribution in [2.75, 3.05) is 0 Å². The maximum Gasteiger partial charge on any atom is 0.378 e. The van der Waals surface area contributed by atoms with Crippen LogP contribution in [0, 0.1) is 10.1 Å². The van der Waals surface area contributed by atoms with Crippen molar-refractivity contribution in [3.8, 4) is 0 Å². The van der Waals surface area contributed by atoms with Crippen molar-refractivity contribution >= 4 is 16.7 Å². The molecule has 0 spiro atoms. The monoisotopic (exact) mass is 174 g/mol. The number of pyridine rings is 1. The van der Waals surface area contributed by atoms with Crippen molar-refractivity contribution in [2.45, 2.75) is 0 Å². The Kier molecular flexibility index (Phi) is 1.66. The summed E-state index contributed by atoms with van der Waals surface area (Å²) in [5, 5.41) is 14.8. The minimum Gasteiger partial charge on any atom is -0.710 e. The third-order valence-electron chi connectivity index (χ3n) is 1.87.